The van der Waals surface area contributed by atoms with Crippen molar-refractivity contribution in [2.75, 3.05) is 12.3 Å². The zero-order valence-corrected chi connectivity index (χ0v) is 17.5. The van der Waals surface area contributed by atoms with Crippen LogP contribution in [0, 0.1) is 0 Å². The molecule has 0 aromatic heterocycles. The summed E-state index contributed by atoms with van der Waals surface area (Å²) in [5.74, 6) is -5.59. The molecule has 0 radical (unpaired) electrons. The minimum Gasteiger partial charge on any atom is -0.508 e. The minimum absolute atomic E-state index is 0.144. The van der Waals surface area contributed by atoms with E-state index in [4.69, 9.17) is 15.9 Å². The standard InChI is InChI=1S/C18H25N3O9S/c1-9(11-3-2-10(22)6-13(11)23)21(12(8-31)16(27)20-7-15(25)26)14(24)4-5-18(19,30)17(28)29/h2-3,6,9,12,22-23,30-31H,4-5,7-8,19H2,1H3,(H,20,27)(H,25,26)(H,28,29). The Kier molecular flexibility index (Phi) is 9.09. The molecule has 1 aromatic carbocycles. The molecule has 1 aromatic rings. The number of carboxylic acid groups (broad SMARTS) is 2. The van der Waals surface area contributed by atoms with E-state index < -0.39 is 60.9 Å². The van der Waals surface area contributed by atoms with Crippen LogP contribution in [-0.4, -0.2) is 78.2 Å². The predicted molar refractivity (Wildman–Crippen MR) is 109 cm³/mol. The van der Waals surface area contributed by atoms with E-state index >= 15 is 0 Å². The Labute approximate surface area is 182 Å². The average molecular weight is 459 g/mol. The van der Waals surface area contributed by atoms with Crippen molar-refractivity contribution in [1.29, 1.82) is 0 Å². The van der Waals surface area contributed by atoms with Gasteiger partial charge in [0.15, 0.2) is 0 Å². The van der Waals surface area contributed by atoms with Crippen LogP contribution < -0.4 is 11.1 Å². The number of carboxylic acids is 2. The molecule has 0 fully saturated rings. The van der Waals surface area contributed by atoms with Gasteiger partial charge in [0.25, 0.3) is 0 Å². The summed E-state index contributed by atoms with van der Waals surface area (Å²) in [6.07, 6.45) is -1.26. The highest BCUT2D eigenvalue weighted by Gasteiger charge is 2.37. The van der Waals surface area contributed by atoms with Crippen LogP contribution >= 0.6 is 12.6 Å². The fourth-order valence-electron chi connectivity index (χ4n) is 2.81. The second kappa shape index (κ2) is 10.8. The maximum absolute atomic E-state index is 13.0. The number of rotatable bonds is 11. The maximum atomic E-state index is 13.0. The highest BCUT2D eigenvalue weighted by Crippen LogP contribution is 2.33. The number of amides is 2. The first-order chi connectivity index (χ1) is 14.3. The molecule has 13 heteroatoms. The maximum Gasteiger partial charge on any atom is 0.351 e. The fourth-order valence-corrected chi connectivity index (χ4v) is 3.15. The number of carbonyl (C=O) groups is 4. The third-order valence-electron chi connectivity index (χ3n) is 4.48. The van der Waals surface area contributed by atoms with Crippen molar-refractivity contribution in [3.63, 3.8) is 0 Å². The number of phenols is 2. The first-order valence-electron chi connectivity index (χ1n) is 8.99. The normalized spacial score (nSPS) is 14.7. The van der Waals surface area contributed by atoms with Crippen LogP contribution in [0.4, 0.5) is 0 Å². The number of nitrogens with two attached hydrogens (primary N) is 1. The Morgan fingerprint density at radius 1 is 1.23 bits per heavy atom. The summed E-state index contributed by atoms with van der Waals surface area (Å²) in [6.45, 7) is 0.738. The molecular formula is C18H25N3O9S. The van der Waals surface area contributed by atoms with Crippen molar-refractivity contribution in [2.24, 2.45) is 5.73 Å². The van der Waals surface area contributed by atoms with Gasteiger partial charge in [0, 0.05) is 30.2 Å². The number of aliphatic carboxylic acids is 2. The van der Waals surface area contributed by atoms with Crippen LogP contribution in [0.1, 0.15) is 31.4 Å². The van der Waals surface area contributed by atoms with Crippen molar-refractivity contribution in [1.82, 2.24) is 10.2 Å². The summed E-state index contributed by atoms with van der Waals surface area (Å²) in [5.41, 5.74) is 2.70. The van der Waals surface area contributed by atoms with E-state index in [2.05, 4.69) is 17.9 Å². The Balaban J connectivity index is 3.29. The van der Waals surface area contributed by atoms with E-state index in [-0.39, 0.29) is 22.8 Å². The molecular weight excluding hydrogens is 434 g/mol. The third kappa shape index (κ3) is 7.01. The van der Waals surface area contributed by atoms with Crippen LogP contribution in [-0.2, 0) is 19.2 Å². The summed E-state index contributed by atoms with van der Waals surface area (Å²) >= 11 is 4.07. The van der Waals surface area contributed by atoms with Crippen molar-refractivity contribution in [3.8, 4) is 11.5 Å². The molecule has 172 valence electrons. The minimum atomic E-state index is -2.69. The summed E-state index contributed by atoms with van der Waals surface area (Å²) in [5, 5.41) is 49.2. The number of aliphatic hydroxyl groups is 1. The lowest BCUT2D eigenvalue weighted by molar-refractivity contribution is -0.159. The van der Waals surface area contributed by atoms with E-state index in [9.17, 15) is 34.5 Å². The molecule has 3 unspecified atom stereocenters. The monoisotopic (exact) mass is 459 g/mol. The van der Waals surface area contributed by atoms with Crippen molar-refractivity contribution in [3.05, 3.63) is 23.8 Å². The number of nitrogens with zero attached hydrogens (tertiary/aromatic N) is 1. The van der Waals surface area contributed by atoms with E-state index in [1.54, 1.807) is 0 Å². The smallest absolute Gasteiger partial charge is 0.351 e. The summed E-state index contributed by atoms with van der Waals surface area (Å²) in [7, 11) is 0. The van der Waals surface area contributed by atoms with E-state index in [1.807, 2.05) is 0 Å². The molecule has 0 saturated carbocycles. The zero-order valence-electron chi connectivity index (χ0n) is 16.6. The predicted octanol–water partition coefficient (Wildman–Crippen LogP) is -1.00. The van der Waals surface area contributed by atoms with Crippen LogP contribution in [0.2, 0.25) is 0 Å². The summed E-state index contributed by atoms with van der Waals surface area (Å²) < 4.78 is 0. The lowest BCUT2D eigenvalue weighted by Gasteiger charge is -2.36. The number of hydrogen-bond acceptors (Lipinski definition) is 9. The van der Waals surface area contributed by atoms with Gasteiger partial charge >= 0.3 is 11.9 Å². The number of aromatic hydroxyl groups is 2. The van der Waals surface area contributed by atoms with Crippen molar-refractivity contribution in [2.45, 2.75) is 37.6 Å². The molecule has 0 saturated heterocycles. The number of hydrogen-bond donors (Lipinski definition) is 8. The van der Waals surface area contributed by atoms with Crippen LogP contribution in [0.3, 0.4) is 0 Å². The largest absolute Gasteiger partial charge is 0.508 e. The van der Waals surface area contributed by atoms with Gasteiger partial charge in [0.1, 0.15) is 24.1 Å². The molecule has 0 aliphatic carbocycles. The molecule has 12 nitrogen and oxygen atoms in total. The van der Waals surface area contributed by atoms with E-state index in [0.29, 0.717) is 0 Å². The van der Waals surface area contributed by atoms with Gasteiger partial charge in [0.2, 0.25) is 17.5 Å². The number of phenolic OH excluding ortho intramolecular Hbond substituents is 2. The van der Waals surface area contributed by atoms with Crippen molar-refractivity contribution >= 4 is 36.4 Å². The second-order valence-electron chi connectivity index (χ2n) is 6.76. The lowest BCUT2D eigenvalue weighted by Crippen LogP contribution is -2.53. The first-order valence-corrected chi connectivity index (χ1v) is 9.63. The van der Waals surface area contributed by atoms with Gasteiger partial charge in [-0.1, -0.05) is 0 Å². The van der Waals surface area contributed by atoms with Crippen molar-refractivity contribution < 1.29 is 44.7 Å². The van der Waals surface area contributed by atoms with Crippen LogP contribution in [0.5, 0.6) is 11.5 Å². The van der Waals surface area contributed by atoms with Gasteiger partial charge < -0.3 is 35.7 Å². The van der Waals surface area contributed by atoms with E-state index in [0.717, 1.165) is 11.0 Å². The quantitative estimate of drug-likeness (QED) is 0.149. The molecule has 3 atom stereocenters. The second-order valence-corrected chi connectivity index (χ2v) is 7.12. The summed E-state index contributed by atoms with van der Waals surface area (Å²) in [4.78, 5) is 48.2. The van der Waals surface area contributed by atoms with Gasteiger partial charge in [0.05, 0.1) is 6.04 Å². The van der Waals surface area contributed by atoms with Crippen LogP contribution in [0.25, 0.3) is 0 Å². The molecule has 0 bridgehead atoms. The number of nitrogens with one attached hydrogen (secondary N) is 1. The average Bonchev–Trinajstić information content (AvgIpc) is 2.67. The third-order valence-corrected chi connectivity index (χ3v) is 4.83. The Hall–Kier alpha value is -3.03. The van der Waals surface area contributed by atoms with E-state index in [1.165, 1.54) is 19.1 Å². The van der Waals surface area contributed by atoms with Gasteiger partial charge in [-0.2, -0.15) is 12.6 Å². The Bertz CT molecular complexity index is 847. The molecule has 31 heavy (non-hydrogen) atoms. The number of thiol groups is 1. The molecule has 1 rings (SSSR count). The number of carbonyl (C=O) groups excluding carboxylic acids is 2. The molecule has 8 N–H and O–H groups in total. The topological polar surface area (TPSA) is 211 Å². The van der Waals surface area contributed by atoms with Gasteiger partial charge in [-0.05, 0) is 19.1 Å². The van der Waals surface area contributed by atoms with Gasteiger partial charge in [-0.3, -0.25) is 20.1 Å². The van der Waals surface area contributed by atoms with Gasteiger partial charge in [-0.25, -0.2) is 4.79 Å². The Morgan fingerprint density at radius 3 is 2.32 bits per heavy atom. The summed E-state index contributed by atoms with van der Waals surface area (Å²) in [6, 6.07) is 1.29. The molecule has 0 aliphatic rings. The Morgan fingerprint density at radius 2 is 1.84 bits per heavy atom. The lowest BCUT2D eigenvalue weighted by atomic mass is 10.0. The molecule has 0 aliphatic heterocycles. The number of benzene rings is 1. The highest BCUT2D eigenvalue weighted by atomic mass is 32.1. The fraction of sp³-hybridized carbons (Fsp3) is 0.444. The molecule has 2 amide bonds. The zero-order chi connectivity index (χ0) is 23.9. The van der Waals surface area contributed by atoms with Crippen LogP contribution in [0.15, 0.2) is 18.2 Å². The first kappa shape index (κ1) is 26.0. The molecule has 0 spiro atoms. The molecule has 0 heterocycles. The SMILES string of the molecule is CC(c1ccc(O)cc1O)N(C(=O)CCC(N)(O)C(=O)O)C(CS)C(=O)NCC(=O)O. The van der Waals surface area contributed by atoms with Gasteiger partial charge in [-0.15, -0.1) is 0 Å². The highest BCUT2D eigenvalue weighted by molar-refractivity contribution is 7.80.